The molecule has 0 aliphatic carbocycles. The molecule has 2 amide bonds. The fourth-order valence-electron chi connectivity index (χ4n) is 2.23. The molecule has 0 fully saturated rings. The summed E-state index contributed by atoms with van der Waals surface area (Å²) in [5.74, 6) is -1.44. The van der Waals surface area contributed by atoms with Crippen LogP contribution in [0, 0.1) is 5.41 Å². The minimum Gasteiger partial charge on any atom is -0.481 e. The maximum Gasteiger partial charge on any atom is 0.311 e. The number of rotatable bonds is 9. The number of carbonyl (C=O) groups is 3. The van der Waals surface area contributed by atoms with E-state index in [9.17, 15) is 19.5 Å². The smallest absolute Gasteiger partial charge is 0.311 e. The van der Waals surface area contributed by atoms with Crippen molar-refractivity contribution in [1.29, 1.82) is 0 Å². The van der Waals surface area contributed by atoms with Crippen LogP contribution in [0.2, 0.25) is 0 Å². The van der Waals surface area contributed by atoms with Crippen molar-refractivity contribution in [1.82, 2.24) is 10.6 Å². The zero-order valence-electron chi connectivity index (χ0n) is 13.9. The summed E-state index contributed by atoms with van der Waals surface area (Å²) in [7, 11) is 0. The summed E-state index contributed by atoms with van der Waals surface area (Å²) in [6, 6.07) is 6.90. The third kappa shape index (κ3) is 5.63. The summed E-state index contributed by atoms with van der Waals surface area (Å²) in [6.07, 6.45) is 0.990. The summed E-state index contributed by atoms with van der Waals surface area (Å²) in [4.78, 5) is 35.1. The number of aliphatic carboxylic acids is 1. The van der Waals surface area contributed by atoms with Crippen molar-refractivity contribution < 1.29 is 19.5 Å². The van der Waals surface area contributed by atoms with E-state index in [2.05, 4.69) is 26.6 Å². The van der Waals surface area contributed by atoms with Crippen molar-refractivity contribution in [3.63, 3.8) is 0 Å². The van der Waals surface area contributed by atoms with E-state index in [1.165, 1.54) is 0 Å². The first kappa shape index (κ1) is 20.2. The summed E-state index contributed by atoms with van der Waals surface area (Å²) in [5.41, 5.74) is -0.420. The molecule has 0 aliphatic heterocycles. The summed E-state index contributed by atoms with van der Waals surface area (Å²) < 4.78 is 0.882. The first-order valence-corrected chi connectivity index (χ1v) is 8.67. The standard InChI is InChI=1S/C17H23BrN2O4/c1-3-17(4-2,16(23)24)11-20-14(21)9-10-19-15(22)12-5-7-13(18)8-6-12/h5-8H,3-4,9-11H2,1-2H3,(H,19,22)(H,20,21)(H,23,24). The van der Waals surface area contributed by atoms with Crippen LogP contribution in [0.15, 0.2) is 28.7 Å². The highest BCUT2D eigenvalue weighted by Gasteiger charge is 2.34. The van der Waals surface area contributed by atoms with E-state index in [1.807, 2.05) is 0 Å². The van der Waals surface area contributed by atoms with Crippen molar-refractivity contribution in [3.05, 3.63) is 34.3 Å². The Morgan fingerprint density at radius 1 is 1.08 bits per heavy atom. The van der Waals surface area contributed by atoms with Gasteiger partial charge in [-0.2, -0.15) is 0 Å². The summed E-state index contributed by atoms with van der Waals surface area (Å²) in [6.45, 7) is 3.87. The van der Waals surface area contributed by atoms with Crippen LogP contribution in [0.25, 0.3) is 0 Å². The van der Waals surface area contributed by atoms with Gasteiger partial charge in [0.25, 0.3) is 5.91 Å². The second-order valence-corrected chi connectivity index (χ2v) is 6.50. The van der Waals surface area contributed by atoms with Crippen LogP contribution >= 0.6 is 15.9 Å². The number of halogens is 1. The van der Waals surface area contributed by atoms with Crippen LogP contribution in [-0.4, -0.2) is 36.0 Å². The Hall–Kier alpha value is -1.89. The van der Waals surface area contributed by atoms with Crippen LogP contribution in [0.4, 0.5) is 0 Å². The van der Waals surface area contributed by atoms with Gasteiger partial charge in [-0.25, -0.2) is 0 Å². The molecule has 1 aromatic rings. The zero-order chi connectivity index (χ0) is 18.2. The molecule has 0 atom stereocenters. The van der Waals surface area contributed by atoms with E-state index in [-0.39, 0.29) is 31.3 Å². The number of benzene rings is 1. The molecular weight excluding hydrogens is 376 g/mol. The quantitative estimate of drug-likeness (QED) is 0.595. The van der Waals surface area contributed by atoms with Gasteiger partial charge in [-0.3, -0.25) is 14.4 Å². The van der Waals surface area contributed by atoms with Crippen LogP contribution in [0.5, 0.6) is 0 Å². The van der Waals surface area contributed by atoms with Crippen LogP contribution in [-0.2, 0) is 9.59 Å². The first-order valence-electron chi connectivity index (χ1n) is 7.88. The van der Waals surface area contributed by atoms with Gasteiger partial charge in [0.05, 0.1) is 5.41 Å². The molecule has 0 aromatic heterocycles. The van der Waals surface area contributed by atoms with Crippen molar-refractivity contribution >= 4 is 33.7 Å². The van der Waals surface area contributed by atoms with Gasteiger partial charge in [0, 0.05) is 29.5 Å². The predicted octanol–water partition coefficient (Wildman–Crippen LogP) is 2.58. The Kier molecular flexibility index (Phi) is 7.91. The SMILES string of the molecule is CCC(CC)(CNC(=O)CCNC(=O)c1ccc(Br)cc1)C(=O)O. The highest BCUT2D eigenvalue weighted by atomic mass is 79.9. The van der Waals surface area contributed by atoms with E-state index in [0.29, 0.717) is 18.4 Å². The van der Waals surface area contributed by atoms with E-state index in [4.69, 9.17) is 0 Å². The van der Waals surface area contributed by atoms with Gasteiger partial charge in [0.2, 0.25) is 5.91 Å². The second kappa shape index (κ2) is 9.42. The number of hydrogen-bond donors (Lipinski definition) is 3. The number of carboxylic acids is 1. The molecule has 0 spiro atoms. The molecule has 132 valence electrons. The van der Waals surface area contributed by atoms with Crippen molar-refractivity contribution in [2.45, 2.75) is 33.1 Å². The van der Waals surface area contributed by atoms with Gasteiger partial charge in [-0.1, -0.05) is 29.8 Å². The number of carbonyl (C=O) groups excluding carboxylic acids is 2. The average Bonchev–Trinajstić information content (AvgIpc) is 2.56. The molecule has 1 rings (SSSR count). The molecule has 0 aliphatic rings. The van der Waals surface area contributed by atoms with Gasteiger partial charge < -0.3 is 15.7 Å². The molecule has 0 unspecified atom stereocenters. The van der Waals surface area contributed by atoms with Gasteiger partial charge in [0.1, 0.15) is 0 Å². The Morgan fingerprint density at radius 2 is 1.67 bits per heavy atom. The molecule has 0 radical (unpaired) electrons. The monoisotopic (exact) mass is 398 g/mol. The van der Waals surface area contributed by atoms with Crippen molar-refractivity contribution in [2.75, 3.05) is 13.1 Å². The lowest BCUT2D eigenvalue weighted by atomic mass is 9.82. The van der Waals surface area contributed by atoms with Crippen LogP contribution in [0.1, 0.15) is 43.5 Å². The molecule has 0 saturated heterocycles. The van der Waals surface area contributed by atoms with Gasteiger partial charge >= 0.3 is 5.97 Å². The van der Waals surface area contributed by atoms with Crippen LogP contribution in [0.3, 0.4) is 0 Å². The minimum absolute atomic E-state index is 0.0921. The van der Waals surface area contributed by atoms with Gasteiger partial charge in [-0.05, 0) is 37.1 Å². The highest BCUT2D eigenvalue weighted by Crippen LogP contribution is 2.25. The van der Waals surface area contributed by atoms with E-state index in [1.54, 1.807) is 38.1 Å². The Labute approximate surface area is 150 Å². The lowest BCUT2D eigenvalue weighted by Crippen LogP contribution is -2.43. The molecule has 24 heavy (non-hydrogen) atoms. The lowest BCUT2D eigenvalue weighted by Gasteiger charge is -2.26. The number of amides is 2. The topological polar surface area (TPSA) is 95.5 Å². The highest BCUT2D eigenvalue weighted by molar-refractivity contribution is 9.10. The van der Waals surface area contributed by atoms with Gasteiger partial charge in [-0.15, -0.1) is 0 Å². The average molecular weight is 399 g/mol. The molecule has 1 aromatic carbocycles. The van der Waals surface area contributed by atoms with E-state index < -0.39 is 11.4 Å². The first-order chi connectivity index (χ1) is 11.3. The molecular formula is C17H23BrN2O4. The Morgan fingerprint density at radius 3 is 2.17 bits per heavy atom. The third-order valence-corrected chi connectivity index (χ3v) is 4.70. The van der Waals surface area contributed by atoms with Crippen LogP contribution < -0.4 is 10.6 Å². The number of carboxylic acid groups (broad SMARTS) is 1. The second-order valence-electron chi connectivity index (χ2n) is 5.58. The normalized spacial score (nSPS) is 11.0. The molecule has 7 heteroatoms. The molecule has 3 N–H and O–H groups in total. The molecule has 0 saturated carbocycles. The number of nitrogens with one attached hydrogen (secondary N) is 2. The summed E-state index contributed by atoms with van der Waals surface area (Å²) >= 11 is 3.29. The van der Waals surface area contributed by atoms with Crippen molar-refractivity contribution in [3.8, 4) is 0 Å². The fourth-order valence-corrected chi connectivity index (χ4v) is 2.49. The Balaban J connectivity index is 2.40. The lowest BCUT2D eigenvalue weighted by molar-refractivity contribution is -0.149. The third-order valence-electron chi connectivity index (χ3n) is 4.18. The Bertz CT molecular complexity index is 583. The fraction of sp³-hybridized carbons (Fsp3) is 0.471. The van der Waals surface area contributed by atoms with E-state index in [0.717, 1.165) is 4.47 Å². The minimum atomic E-state index is -0.934. The van der Waals surface area contributed by atoms with Crippen molar-refractivity contribution in [2.24, 2.45) is 5.41 Å². The predicted molar refractivity (Wildman–Crippen MR) is 94.8 cm³/mol. The number of hydrogen-bond acceptors (Lipinski definition) is 3. The maximum absolute atomic E-state index is 11.9. The van der Waals surface area contributed by atoms with E-state index >= 15 is 0 Å². The molecule has 0 heterocycles. The molecule has 6 nitrogen and oxygen atoms in total. The summed E-state index contributed by atoms with van der Waals surface area (Å²) in [5, 5.41) is 14.6. The van der Waals surface area contributed by atoms with Gasteiger partial charge in [0.15, 0.2) is 0 Å². The largest absolute Gasteiger partial charge is 0.481 e. The maximum atomic E-state index is 11.9. The zero-order valence-corrected chi connectivity index (χ0v) is 15.5. The molecule has 0 bridgehead atoms.